The summed E-state index contributed by atoms with van der Waals surface area (Å²) in [6.45, 7) is 2.84. The maximum Gasteiger partial charge on any atom is 0.490 e. The second-order valence-corrected chi connectivity index (χ2v) is 13.5. The van der Waals surface area contributed by atoms with Crippen LogP contribution in [-0.2, 0) is 38.0 Å². The van der Waals surface area contributed by atoms with E-state index in [4.69, 9.17) is 20.3 Å². The first kappa shape index (κ1) is 30.5. The number of phosphoric ester groups is 1. The van der Waals surface area contributed by atoms with Crippen molar-refractivity contribution < 1.29 is 61.4 Å². The van der Waals surface area contributed by atoms with Gasteiger partial charge < -0.3 is 40.3 Å². The largest absolute Gasteiger partial charge is 0.490 e. The second-order valence-electron chi connectivity index (χ2n) is 8.76. The Morgan fingerprint density at radius 2 is 1.76 bits per heavy atom. The van der Waals surface area contributed by atoms with E-state index in [-0.39, 0.29) is 22.4 Å². The highest BCUT2D eigenvalue weighted by atomic mass is 32.1. The van der Waals surface area contributed by atoms with Crippen molar-refractivity contribution in [3.8, 4) is 0 Å². The molecule has 6 atom stereocenters. The Balaban J connectivity index is 1.84. The first-order valence-electron chi connectivity index (χ1n) is 10.2. The van der Waals surface area contributed by atoms with E-state index in [0.29, 0.717) is 18.0 Å². The summed E-state index contributed by atoms with van der Waals surface area (Å²) in [7, 11) is -16.8. The highest BCUT2D eigenvalue weighted by molar-refractivity contribution is 7.80. The van der Waals surface area contributed by atoms with Crippen LogP contribution in [0.1, 0.15) is 25.9 Å². The molecule has 0 spiro atoms. The van der Waals surface area contributed by atoms with Crippen molar-refractivity contribution in [3.05, 3.63) is 12.2 Å². The van der Waals surface area contributed by atoms with E-state index in [0.717, 1.165) is 6.33 Å². The molecule has 3 heterocycles. The molecule has 22 heteroatoms. The van der Waals surface area contributed by atoms with Crippen LogP contribution in [0.5, 0.6) is 0 Å². The van der Waals surface area contributed by atoms with E-state index in [9.17, 15) is 33.7 Å². The molecule has 8 N–H and O–H groups in total. The number of aromatic nitrogens is 4. The topological polar surface area (TPSA) is 279 Å². The Hall–Kier alpha value is -1.01. The van der Waals surface area contributed by atoms with Gasteiger partial charge >= 0.3 is 23.5 Å². The predicted octanol–water partition coefficient (Wildman–Crippen LogP) is -0.131. The van der Waals surface area contributed by atoms with Crippen LogP contribution in [0, 0.1) is 5.41 Å². The lowest BCUT2D eigenvalue weighted by atomic mass is 9.91. The average Bonchev–Trinajstić information content (AvgIpc) is 3.21. The Labute approximate surface area is 214 Å². The number of hydrogen-bond acceptors (Lipinski definition) is 14. The molecule has 0 aliphatic carbocycles. The molecule has 2 aromatic heterocycles. The number of aliphatic hydroxyl groups excluding tert-OH is 2. The summed E-state index contributed by atoms with van der Waals surface area (Å²) in [6.07, 6.45) is -4.71. The van der Waals surface area contributed by atoms with Gasteiger partial charge in [0.25, 0.3) is 0 Å². The van der Waals surface area contributed by atoms with Gasteiger partial charge in [0.1, 0.15) is 30.5 Å². The number of nitrogens with zero attached hydrogens (tertiary/aromatic N) is 4. The molecular formula is C15H26N5O13P3S. The maximum absolute atomic E-state index is 12.0. The van der Waals surface area contributed by atoms with Crippen LogP contribution < -0.4 is 5.73 Å². The van der Waals surface area contributed by atoms with Crippen LogP contribution >= 0.6 is 36.1 Å². The number of aliphatic hydroxyl groups is 2. The number of fused-ring (bicyclic) bond motifs is 1. The van der Waals surface area contributed by atoms with Crippen LogP contribution in [0.4, 0.5) is 5.82 Å². The van der Waals surface area contributed by atoms with Gasteiger partial charge in [0, 0.05) is 6.42 Å². The van der Waals surface area contributed by atoms with Gasteiger partial charge in [-0.05, 0) is 11.2 Å². The molecule has 0 amide bonds. The monoisotopic (exact) mass is 609 g/mol. The van der Waals surface area contributed by atoms with Gasteiger partial charge in [0.2, 0.25) is 0 Å². The minimum absolute atomic E-state index is 0.0472. The Kier molecular flexibility index (Phi) is 8.97. The molecule has 1 fully saturated rings. The normalized spacial score (nSPS) is 26.3. The van der Waals surface area contributed by atoms with E-state index < -0.39 is 54.6 Å². The molecule has 1 aliphatic rings. The van der Waals surface area contributed by atoms with Crippen LogP contribution in [0.2, 0.25) is 0 Å². The molecule has 37 heavy (non-hydrogen) atoms. The Bertz CT molecular complexity index is 1290. The van der Waals surface area contributed by atoms with Gasteiger partial charge in [0.05, 0.1) is 6.61 Å². The molecule has 3 rings (SSSR count). The van der Waals surface area contributed by atoms with E-state index in [1.54, 1.807) is 0 Å². The lowest BCUT2D eigenvalue weighted by Gasteiger charge is -2.25. The van der Waals surface area contributed by atoms with E-state index in [1.165, 1.54) is 4.57 Å². The number of hydrogen-bond donors (Lipinski definition) is 8. The minimum Gasteiger partial charge on any atom is -0.387 e. The molecule has 1 aliphatic heterocycles. The smallest absolute Gasteiger partial charge is 0.387 e. The van der Waals surface area contributed by atoms with Crippen LogP contribution in [0.25, 0.3) is 11.2 Å². The van der Waals surface area contributed by atoms with Crippen molar-refractivity contribution in [3.63, 3.8) is 0 Å². The molecule has 2 aromatic rings. The van der Waals surface area contributed by atoms with Crippen LogP contribution in [0.3, 0.4) is 0 Å². The third kappa shape index (κ3) is 7.56. The quantitative estimate of drug-likeness (QED) is 0.122. The summed E-state index contributed by atoms with van der Waals surface area (Å²) in [5, 5.41) is 21.2. The van der Waals surface area contributed by atoms with Gasteiger partial charge in [-0.1, -0.05) is 13.8 Å². The van der Waals surface area contributed by atoms with Crippen molar-refractivity contribution >= 4 is 53.1 Å². The lowest BCUT2D eigenvalue weighted by Crippen LogP contribution is -2.34. The maximum atomic E-state index is 12.0. The zero-order valence-electron chi connectivity index (χ0n) is 19.2. The lowest BCUT2D eigenvalue weighted by molar-refractivity contribution is -0.0518. The van der Waals surface area contributed by atoms with Crippen molar-refractivity contribution in [1.82, 2.24) is 19.5 Å². The van der Waals surface area contributed by atoms with Crippen LogP contribution in [-0.4, -0.2) is 80.0 Å². The molecule has 4 unspecified atom stereocenters. The summed E-state index contributed by atoms with van der Waals surface area (Å²) >= 11 is 4.33. The summed E-state index contributed by atoms with van der Waals surface area (Å²) in [5.74, 6) is 0.855. The molecular weight excluding hydrogens is 583 g/mol. The molecule has 0 aromatic carbocycles. The first-order chi connectivity index (χ1) is 16.8. The van der Waals surface area contributed by atoms with Gasteiger partial charge in [0.15, 0.2) is 23.2 Å². The number of thiol groups is 1. The first-order valence-corrected chi connectivity index (χ1v) is 15.4. The number of ether oxygens (including phenoxy) is 1. The van der Waals surface area contributed by atoms with Gasteiger partial charge in [-0.3, -0.25) is 9.09 Å². The number of phosphoric acid groups is 3. The third-order valence-corrected chi connectivity index (χ3v) is 9.71. The third-order valence-electron chi connectivity index (χ3n) is 5.05. The summed E-state index contributed by atoms with van der Waals surface area (Å²) in [4.78, 5) is 48.6. The fourth-order valence-corrected chi connectivity index (χ4v) is 6.54. The van der Waals surface area contributed by atoms with Gasteiger partial charge in [-0.15, -0.1) is 0 Å². The minimum atomic E-state index is -5.74. The number of imidazole rings is 1. The Morgan fingerprint density at radius 3 is 2.35 bits per heavy atom. The molecule has 1 saturated heterocycles. The molecule has 0 bridgehead atoms. The second kappa shape index (κ2) is 10.9. The van der Waals surface area contributed by atoms with E-state index in [1.807, 2.05) is 13.8 Å². The van der Waals surface area contributed by atoms with Gasteiger partial charge in [-0.25, -0.2) is 28.6 Å². The number of nitrogen functional groups attached to an aromatic ring is 1. The average molecular weight is 609 g/mol. The van der Waals surface area contributed by atoms with E-state index in [2.05, 4.69) is 40.7 Å². The standard InChI is InChI=1S/C15H26N5O13P3S/c1-15(2,5-37)3-8-19-9-12(16)17-6-18-13(9)20(8)14-11(22)10(21)7(31-14)4-30-35(26,27)33-36(28,29)32-34(23,24)25/h6-7,10-11,14,21-22,37H,3-5H2,1-2H3,(H,26,27)(H,28,29)(H2,16,17,18)(H2,23,24,25)/t7-,10?,11?,14-/m1/s1. The van der Waals surface area contributed by atoms with Crippen molar-refractivity contribution in [1.29, 1.82) is 0 Å². The van der Waals surface area contributed by atoms with Crippen molar-refractivity contribution in [2.75, 3.05) is 18.1 Å². The fraction of sp³-hybridized carbons (Fsp3) is 0.667. The molecule has 0 saturated carbocycles. The highest BCUT2D eigenvalue weighted by Gasteiger charge is 2.47. The number of rotatable bonds is 11. The van der Waals surface area contributed by atoms with Crippen molar-refractivity contribution in [2.24, 2.45) is 5.41 Å². The zero-order valence-corrected chi connectivity index (χ0v) is 22.8. The fourth-order valence-electron chi connectivity index (χ4n) is 3.40. The summed E-state index contributed by atoms with van der Waals surface area (Å²) in [5.41, 5.74) is 5.90. The number of anilines is 1. The molecule has 0 radical (unpaired) electrons. The molecule has 18 nitrogen and oxygen atoms in total. The summed E-state index contributed by atoms with van der Waals surface area (Å²) in [6, 6.07) is 0. The SMILES string of the molecule is CC(C)(CS)Cc1nc2c(N)ncnc2n1[C@@H]1O[C@H](COP(=O)(O)OP(=O)(O)OP(=O)(O)O)C(O)C1O. The highest BCUT2D eigenvalue weighted by Crippen LogP contribution is 2.66. The summed E-state index contributed by atoms with van der Waals surface area (Å²) < 4.78 is 53.1. The zero-order chi connectivity index (χ0) is 28.0. The Morgan fingerprint density at radius 1 is 1.11 bits per heavy atom. The van der Waals surface area contributed by atoms with Crippen LogP contribution in [0.15, 0.2) is 6.33 Å². The number of nitrogens with two attached hydrogens (primary N) is 1. The van der Waals surface area contributed by atoms with E-state index >= 15 is 0 Å². The van der Waals surface area contributed by atoms with Gasteiger partial charge in [-0.2, -0.15) is 21.3 Å². The predicted molar refractivity (Wildman–Crippen MR) is 127 cm³/mol. The van der Waals surface area contributed by atoms with Crippen molar-refractivity contribution in [2.45, 2.75) is 44.8 Å². The molecule has 210 valence electrons.